The smallest absolute Gasteiger partial charge is 0.0831 e. The van der Waals surface area contributed by atoms with E-state index in [2.05, 4.69) is 44.3 Å². The zero-order chi connectivity index (χ0) is 12.5. The third kappa shape index (κ3) is 4.58. The Kier molecular flexibility index (Phi) is 6.34. The fourth-order valence-corrected chi connectivity index (χ4v) is 1.91. The molecule has 0 bridgehead atoms. The van der Waals surface area contributed by atoms with Crippen molar-refractivity contribution < 1.29 is 4.74 Å². The van der Waals surface area contributed by atoms with Crippen LogP contribution in [0.3, 0.4) is 0 Å². The van der Waals surface area contributed by atoms with E-state index in [1.54, 1.807) is 6.08 Å². The van der Waals surface area contributed by atoms with Gasteiger partial charge in [0.1, 0.15) is 0 Å². The summed E-state index contributed by atoms with van der Waals surface area (Å²) in [5, 5.41) is 0. The molecule has 0 amide bonds. The zero-order valence-corrected chi connectivity index (χ0v) is 10.7. The fraction of sp³-hybridized carbons (Fsp3) is 0.375. The normalized spacial score (nSPS) is 12.1. The van der Waals surface area contributed by atoms with Crippen molar-refractivity contribution in [1.82, 2.24) is 0 Å². The Bertz CT molecular complexity index is 354. The van der Waals surface area contributed by atoms with Crippen LogP contribution in [0, 0.1) is 6.92 Å². The Labute approximate surface area is 105 Å². The number of hydrogen-bond donors (Lipinski definition) is 0. The summed E-state index contributed by atoms with van der Waals surface area (Å²) in [6.07, 6.45) is 7.12. The summed E-state index contributed by atoms with van der Waals surface area (Å²) in [5.74, 6) is 0. The van der Waals surface area contributed by atoms with Crippen molar-refractivity contribution >= 4 is 0 Å². The average Bonchev–Trinajstić information content (AvgIpc) is 2.35. The van der Waals surface area contributed by atoms with E-state index in [1.807, 2.05) is 6.08 Å². The van der Waals surface area contributed by atoms with E-state index in [-0.39, 0.29) is 6.10 Å². The number of hydrogen-bond acceptors (Lipinski definition) is 1. The van der Waals surface area contributed by atoms with E-state index >= 15 is 0 Å². The maximum absolute atomic E-state index is 5.85. The highest BCUT2D eigenvalue weighted by Gasteiger charge is 2.12. The highest BCUT2D eigenvalue weighted by atomic mass is 16.5. The van der Waals surface area contributed by atoms with Gasteiger partial charge in [-0.2, -0.15) is 0 Å². The Morgan fingerprint density at radius 2 is 2.00 bits per heavy atom. The Hall–Kier alpha value is -1.34. The molecule has 0 radical (unpaired) electrons. The molecular weight excluding hydrogens is 208 g/mol. The first-order valence-electron chi connectivity index (χ1n) is 6.18. The molecule has 1 aromatic rings. The van der Waals surface area contributed by atoms with E-state index in [4.69, 9.17) is 4.74 Å². The van der Waals surface area contributed by atoms with Crippen molar-refractivity contribution in [1.29, 1.82) is 0 Å². The highest BCUT2D eigenvalue weighted by Crippen LogP contribution is 2.26. The van der Waals surface area contributed by atoms with E-state index in [0.717, 1.165) is 19.3 Å². The number of ether oxygens (including phenoxy) is 1. The largest absolute Gasteiger partial charge is 0.369 e. The molecule has 0 saturated carbocycles. The highest BCUT2D eigenvalue weighted by molar-refractivity contribution is 5.27. The maximum atomic E-state index is 5.85. The second-order valence-corrected chi connectivity index (χ2v) is 4.19. The molecular formula is C16H22O. The van der Waals surface area contributed by atoms with Gasteiger partial charge in [-0.3, -0.25) is 0 Å². The number of aryl methyl sites for hydroxylation is 1. The minimum atomic E-state index is 0.175. The van der Waals surface area contributed by atoms with E-state index in [0.29, 0.717) is 6.61 Å². The molecule has 0 heterocycles. The van der Waals surface area contributed by atoms with Crippen LogP contribution in [0.1, 0.15) is 36.5 Å². The Morgan fingerprint density at radius 3 is 2.65 bits per heavy atom. The van der Waals surface area contributed by atoms with E-state index < -0.39 is 0 Å². The lowest BCUT2D eigenvalue weighted by Gasteiger charge is -2.19. The first-order valence-corrected chi connectivity index (χ1v) is 6.18. The monoisotopic (exact) mass is 230 g/mol. The van der Waals surface area contributed by atoms with Gasteiger partial charge in [0.05, 0.1) is 12.7 Å². The molecule has 1 unspecified atom stereocenters. The SMILES string of the molecule is C=CCCCC(OCC=C)c1ccccc1C. The second kappa shape index (κ2) is 7.86. The van der Waals surface area contributed by atoms with Gasteiger partial charge in [0.25, 0.3) is 0 Å². The first-order chi connectivity index (χ1) is 8.29. The average molecular weight is 230 g/mol. The summed E-state index contributed by atoms with van der Waals surface area (Å²) in [7, 11) is 0. The van der Waals surface area contributed by atoms with E-state index in [9.17, 15) is 0 Å². The molecule has 1 aromatic carbocycles. The number of allylic oxidation sites excluding steroid dienone is 1. The number of rotatable bonds is 8. The van der Waals surface area contributed by atoms with Gasteiger partial charge in [-0.05, 0) is 37.3 Å². The van der Waals surface area contributed by atoms with Crippen LogP contribution in [-0.4, -0.2) is 6.61 Å². The minimum Gasteiger partial charge on any atom is -0.369 e. The summed E-state index contributed by atoms with van der Waals surface area (Å²) >= 11 is 0. The Morgan fingerprint density at radius 1 is 1.24 bits per heavy atom. The fourth-order valence-electron chi connectivity index (χ4n) is 1.91. The first kappa shape index (κ1) is 13.7. The number of unbranched alkanes of at least 4 members (excludes halogenated alkanes) is 1. The van der Waals surface area contributed by atoms with Crippen LogP contribution in [0.4, 0.5) is 0 Å². The van der Waals surface area contributed by atoms with Gasteiger partial charge in [0, 0.05) is 0 Å². The molecule has 0 saturated heterocycles. The summed E-state index contributed by atoms with van der Waals surface area (Å²) in [4.78, 5) is 0. The third-order valence-electron chi connectivity index (χ3n) is 2.83. The molecule has 0 N–H and O–H groups in total. The van der Waals surface area contributed by atoms with Crippen LogP contribution < -0.4 is 0 Å². The minimum absolute atomic E-state index is 0.175. The molecule has 0 aliphatic carbocycles. The molecule has 17 heavy (non-hydrogen) atoms. The molecule has 0 aromatic heterocycles. The van der Waals surface area contributed by atoms with Crippen LogP contribution >= 0.6 is 0 Å². The molecule has 1 rings (SSSR count). The van der Waals surface area contributed by atoms with Crippen LogP contribution in [-0.2, 0) is 4.74 Å². The summed E-state index contributed by atoms with van der Waals surface area (Å²) < 4.78 is 5.85. The quantitative estimate of drug-likeness (QED) is 0.468. The predicted molar refractivity (Wildman–Crippen MR) is 74.1 cm³/mol. The van der Waals surface area contributed by atoms with Crippen LogP contribution in [0.2, 0.25) is 0 Å². The molecule has 0 aliphatic heterocycles. The lowest BCUT2D eigenvalue weighted by Crippen LogP contribution is -2.06. The molecule has 0 spiro atoms. The standard InChI is InChI=1S/C16H22O/c1-4-6-7-12-16(17-13-5-2)15-11-9-8-10-14(15)3/h4-5,8-11,16H,1-2,6-7,12-13H2,3H3. The van der Waals surface area contributed by atoms with Gasteiger partial charge < -0.3 is 4.74 Å². The summed E-state index contributed by atoms with van der Waals surface area (Å²) in [5.41, 5.74) is 2.58. The third-order valence-corrected chi connectivity index (χ3v) is 2.83. The molecule has 0 fully saturated rings. The van der Waals surface area contributed by atoms with Gasteiger partial charge in [-0.1, -0.05) is 36.4 Å². The summed E-state index contributed by atoms with van der Waals surface area (Å²) in [6, 6.07) is 8.41. The second-order valence-electron chi connectivity index (χ2n) is 4.19. The van der Waals surface area contributed by atoms with Crippen LogP contribution in [0.15, 0.2) is 49.6 Å². The van der Waals surface area contributed by atoms with Gasteiger partial charge in [-0.25, -0.2) is 0 Å². The maximum Gasteiger partial charge on any atom is 0.0831 e. The van der Waals surface area contributed by atoms with E-state index in [1.165, 1.54) is 11.1 Å². The topological polar surface area (TPSA) is 9.23 Å². The molecule has 1 nitrogen and oxygen atoms in total. The van der Waals surface area contributed by atoms with Gasteiger partial charge in [0.2, 0.25) is 0 Å². The van der Waals surface area contributed by atoms with Gasteiger partial charge in [-0.15, -0.1) is 13.2 Å². The molecule has 1 atom stereocenters. The van der Waals surface area contributed by atoms with Gasteiger partial charge in [0.15, 0.2) is 0 Å². The van der Waals surface area contributed by atoms with Crippen LogP contribution in [0.25, 0.3) is 0 Å². The molecule has 92 valence electrons. The zero-order valence-electron chi connectivity index (χ0n) is 10.7. The van der Waals surface area contributed by atoms with Crippen molar-refractivity contribution in [2.45, 2.75) is 32.3 Å². The van der Waals surface area contributed by atoms with Crippen molar-refractivity contribution in [3.63, 3.8) is 0 Å². The molecule has 0 aliphatic rings. The van der Waals surface area contributed by atoms with Crippen molar-refractivity contribution in [3.05, 3.63) is 60.7 Å². The Balaban J connectivity index is 2.70. The van der Waals surface area contributed by atoms with Gasteiger partial charge >= 0.3 is 0 Å². The lowest BCUT2D eigenvalue weighted by molar-refractivity contribution is 0.0657. The predicted octanol–water partition coefficient (Wildman–Crippen LogP) is 4.60. The lowest BCUT2D eigenvalue weighted by atomic mass is 9.99. The van der Waals surface area contributed by atoms with Crippen molar-refractivity contribution in [2.24, 2.45) is 0 Å². The number of benzene rings is 1. The van der Waals surface area contributed by atoms with Crippen LogP contribution in [0.5, 0.6) is 0 Å². The van der Waals surface area contributed by atoms with Crippen molar-refractivity contribution in [3.8, 4) is 0 Å². The molecule has 1 heteroatoms. The summed E-state index contributed by atoms with van der Waals surface area (Å²) in [6.45, 7) is 10.2. The van der Waals surface area contributed by atoms with Crippen molar-refractivity contribution in [2.75, 3.05) is 6.61 Å².